The predicted octanol–water partition coefficient (Wildman–Crippen LogP) is 5.27. The molecule has 24 heavy (non-hydrogen) atoms. The lowest BCUT2D eigenvalue weighted by atomic mass is 10.2. The minimum absolute atomic E-state index is 0.00229. The van der Waals surface area contributed by atoms with Crippen LogP contribution in [0, 0.1) is 17.1 Å². The highest BCUT2D eigenvalue weighted by Crippen LogP contribution is 2.27. The van der Waals surface area contributed by atoms with Crippen molar-refractivity contribution in [3.8, 4) is 6.07 Å². The molecular weight excluding hydrogens is 396 g/mol. The normalized spacial score (nSPS) is 12.0. The predicted molar refractivity (Wildman–Crippen MR) is 94.1 cm³/mol. The van der Waals surface area contributed by atoms with E-state index >= 15 is 0 Å². The number of nitrogens with zero attached hydrogens (tertiary/aromatic N) is 1. The molecule has 0 aliphatic rings. The number of allylic oxidation sites excluding steroid dienone is 1. The van der Waals surface area contributed by atoms with Crippen LogP contribution in [0.25, 0.3) is 6.08 Å². The van der Waals surface area contributed by atoms with Gasteiger partial charge in [-0.2, -0.15) is 5.26 Å². The maximum atomic E-state index is 13.1. The van der Waals surface area contributed by atoms with Crippen LogP contribution >= 0.6 is 34.8 Å². The summed E-state index contributed by atoms with van der Waals surface area (Å²) in [5.74, 6) is -1.03. The number of benzene rings is 2. The van der Waals surface area contributed by atoms with Gasteiger partial charge in [0.15, 0.2) is 9.84 Å². The molecule has 0 amide bonds. The van der Waals surface area contributed by atoms with Crippen molar-refractivity contribution in [3.63, 3.8) is 0 Å². The van der Waals surface area contributed by atoms with Crippen molar-refractivity contribution < 1.29 is 12.8 Å². The highest BCUT2D eigenvalue weighted by atomic mass is 35.5. The van der Waals surface area contributed by atoms with Crippen LogP contribution in [0.2, 0.25) is 15.1 Å². The lowest BCUT2D eigenvalue weighted by molar-refractivity contribution is 0.602. The van der Waals surface area contributed by atoms with E-state index in [9.17, 15) is 18.1 Å². The number of hydrogen-bond donors (Lipinski definition) is 0. The maximum absolute atomic E-state index is 13.1. The van der Waals surface area contributed by atoms with Gasteiger partial charge >= 0.3 is 0 Å². The van der Waals surface area contributed by atoms with Gasteiger partial charge in [-0.3, -0.25) is 0 Å². The van der Waals surface area contributed by atoms with Gasteiger partial charge in [0, 0.05) is 10.0 Å². The van der Waals surface area contributed by atoms with Crippen LogP contribution in [0.4, 0.5) is 4.39 Å². The summed E-state index contributed by atoms with van der Waals surface area (Å²) < 4.78 is 38.0. The summed E-state index contributed by atoms with van der Waals surface area (Å²) in [5, 5.41) is 9.75. The molecule has 0 fully saturated rings. The van der Waals surface area contributed by atoms with E-state index in [1.807, 2.05) is 0 Å². The fourth-order valence-corrected chi connectivity index (χ4v) is 3.91. The van der Waals surface area contributed by atoms with Gasteiger partial charge in [0.2, 0.25) is 0 Å². The molecule has 2 rings (SSSR count). The van der Waals surface area contributed by atoms with E-state index in [1.165, 1.54) is 24.3 Å². The Hall–Kier alpha value is -1.58. The van der Waals surface area contributed by atoms with Crippen molar-refractivity contribution in [1.82, 2.24) is 0 Å². The van der Waals surface area contributed by atoms with Crippen molar-refractivity contribution in [2.75, 3.05) is 0 Å². The molecule has 0 saturated carbocycles. The Bertz CT molecular complexity index is 966. The van der Waals surface area contributed by atoms with Gasteiger partial charge in [-0.05, 0) is 41.5 Å². The number of hydrogen-bond acceptors (Lipinski definition) is 3. The van der Waals surface area contributed by atoms with Crippen LogP contribution < -0.4 is 0 Å². The summed E-state index contributed by atoms with van der Waals surface area (Å²) in [7, 11) is -3.97. The van der Waals surface area contributed by atoms with Crippen molar-refractivity contribution in [2.24, 2.45) is 0 Å². The van der Waals surface area contributed by atoms with E-state index in [0.717, 1.165) is 18.2 Å². The SMILES string of the molecule is N#C/C(=C\c1ccc(F)cc1Cl)S(=O)(=O)Cc1ccc(Cl)cc1Cl. The van der Waals surface area contributed by atoms with E-state index in [4.69, 9.17) is 34.8 Å². The number of halogens is 4. The lowest BCUT2D eigenvalue weighted by Crippen LogP contribution is -2.07. The first-order chi connectivity index (χ1) is 11.2. The second-order valence-corrected chi connectivity index (χ2v) is 7.99. The standard InChI is InChI=1S/C16H9Cl3FNO2S/c17-12-3-1-11(15(18)6-12)9-24(22,23)14(8-21)5-10-2-4-13(20)7-16(10)19/h1-7H,9H2/b14-5+. The monoisotopic (exact) mass is 403 g/mol. The number of nitriles is 1. The average Bonchev–Trinajstić information content (AvgIpc) is 2.49. The van der Waals surface area contributed by atoms with Gasteiger partial charge in [-0.1, -0.05) is 46.9 Å². The highest BCUT2D eigenvalue weighted by molar-refractivity contribution is 7.95. The zero-order valence-electron chi connectivity index (χ0n) is 11.9. The van der Waals surface area contributed by atoms with Gasteiger partial charge in [0.1, 0.15) is 16.8 Å². The molecule has 0 aromatic heterocycles. The molecule has 0 heterocycles. The first kappa shape index (κ1) is 18.8. The molecule has 0 saturated heterocycles. The molecule has 8 heteroatoms. The van der Waals surface area contributed by atoms with Crippen molar-refractivity contribution in [3.05, 3.63) is 73.3 Å². The second kappa shape index (κ2) is 7.54. The summed E-state index contributed by atoms with van der Waals surface area (Å²) in [4.78, 5) is -0.498. The molecule has 2 aromatic carbocycles. The smallest absolute Gasteiger partial charge is 0.192 e. The van der Waals surface area contributed by atoms with Gasteiger partial charge < -0.3 is 0 Å². The zero-order valence-corrected chi connectivity index (χ0v) is 15.0. The van der Waals surface area contributed by atoms with E-state index in [2.05, 4.69) is 0 Å². The molecule has 3 nitrogen and oxygen atoms in total. The minimum Gasteiger partial charge on any atom is -0.223 e. The molecule has 0 aliphatic carbocycles. The Morgan fingerprint density at radius 1 is 1.12 bits per heavy atom. The van der Waals surface area contributed by atoms with E-state index in [1.54, 1.807) is 6.07 Å². The third kappa shape index (κ3) is 4.49. The van der Waals surface area contributed by atoms with Crippen LogP contribution in [0.15, 0.2) is 41.3 Å². The molecule has 0 spiro atoms. The molecule has 0 N–H and O–H groups in total. The van der Waals surface area contributed by atoms with E-state index < -0.39 is 26.3 Å². The molecule has 124 valence electrons. The summed E-state index contributed by atoms with van der Waals surface area (Å²) >= 11 is 17.6. The van der Waals surface area contributed by atoms with E-state index in [0.29, 0.717) is 10.6 Å². The Balaban J connectivity index is 2.41. The first-order valence-corrected chi connectivity index (χ1v) is 9.25. The van der Waals surface area contributed by atoms with Crippen LogP contribution in [-0.2, 0) is 15.6 Å². The fourth-order valence-electron chi connectivity index (χ4n) is 1.87. The van der Waals surface area contributed by atoms with Crippen LogP contribution in [-0.4, -0.2) is 8.42 Å². The van der Waals surface area contributed by atoms with Gasteiger partial charge in [-0.15, -0.1) is 0 Å². The number of rotatable bonds is 4. The quantitative estimate of drug-likeness (QED) is 0.653. The largest absolute Gasteiger partial charge is 0.223 e. The zero-order chi connectivity index (χ0) is 17.9. The summed E-state index contributed by atoms with van der Waals surface area (Å²) in [6, 6.07) is 9.48. The van der Waals surface area contributed by atoms with Gasteiger partial charge in [0.25, 0.3) is 0 Å². The third-order valence-electron chi connectivity index (χ3n) is 3.05. The van der Waals surface area contributed by atoms with Crippen LogP contribution in [0.1, 0.15) is 11.1 Å². The Labute approximate surface area is 153 Å². The third-order valence-corrected chi connectivity index (χ3v) is 5.54. The molecule has 0 atom stereocenters. The summed E-state index contributed by atoms with van der Waals surface area (Å²) in [6.45, 7) is 0. The van der Waals surface area contributed by atoms with E-state index in [-0.39, 0.29) is 15.6 Å². The fraction of sp³-hybridized carbons (Fsp3) is 0.0625. The van der Waals surface area contributed by atoms with Crippen LogP contribution in [0.3, 0.4) is 0 Å². The average molecular weight is 405 g/mol. The first-order valence-electron chi connectivity index (χ1n) is 6.46. The Morgan fingerprint density at radius 3 is 2.42 bits per heavy atom. The van der Waals surface area contributed by atoms with Crippen LogP contribution in [0.5, 0.6) is 0 Å². The molecule has 0 radical (unpaired) electrons. The van der Waals surface area contributed by atoms with Gasteiger partial charge in [-0.25, -0.2) is 12.8 Å². The Morgan fingerprint density at radius 2 is 1.83 bits per heavy atom. The minimum atomic E-state index is -3.97. The summed E-state index contributed by atoms with van der Waals surface area (Å²) in [6.07, 6.45) is 1.10. The number of sulfone groups is 1. The molecular formula is C16H9Cl3FNO2S. The molecule has 0 unspecified atom stereocenters. The second-order valence-electron chi connectivity index (χ2n) is 4.78. The topological polar surface area (TPSA) is 57.9 Å². The van der Waals surface area contributed by atoms with Crippen molar-refractivity contribution in [2.45, 2.75) is 5.75 Å². The highest BCUT2D eigenvalue weighted by Gasteiger charge is 2.20. The van der Waals surface area contributed by atoms with Crippen molar-refractivity contribution >= 4 is 50.7 Å². The lowest BCUT2D eigenvalue weighted by Gasteiger charge is -2.06. The van der Waals surface area contributed by atoms with Crippen molar-refractivity contribution in [1.29, 1.82) is 5.26 Å². The Kier molecular flexibility index (Phi) is 5.89. The molecule has 0 aliphatic heterocycles. The maximum Gasteiger partial charge on any atom is 0.192 e. The molecule has 2 aromatic rings. The van der Waals surface area contributed by atoms with Gasteiger partial charge in [0.05, 0.1) is 10.8 Å². The summed E-state index contributed by atoms with van der Waals surface area (Å²) in [5.41, 5.74) is 0.535. The molecule has 0 bridgehead atoms.